The molecule has 0 radical (unpaired) electrons. The highest BCUT2D eigenvalue weighted by Crippen LogP contribution is 2.53. The van der Waals surface area contributed by atoms with E-state index in [1.54, 1.807) is 6.33 Å². The lowest BCUT2D eigenvalue weighted by Crippen LogP contribution is -2.12. The molecule has 6 aromatic rings. The van der Waals surface area contributed by atoms with Crippen molar-refractivity contribution < 1.29 is 0 Å². The van der Waals surface area contributed by atoms with Crippen LogP contribution in [0.1, 0.15) is 0 Å². The molecule has 0 unspecified atom stereocenters. The number of hydrogen-bond donors (Lipinski definition) is 0. The van der Waals surface area contributed by atoms with Crippen molar-refractivity contribution >= 4 is 28.0 Å². The SMILES string of the molecule is c1ccc(N2c3ccccc3-c3ccccc3-c3cccc(-c4ccc5cncnc5c4)c32)cc1. The number of rotatable bonds is 2. The van der Waals surface area contributed by atoms with Crippen LogP contribution in [0, 0.1) is 0 Å². The van der Waals surface area contributed by atoms with Gasteiger partial charge in [-0.2, -0.15) is 0 Å². The number of aromatic nitrogens is 2. The smallest absolute Gasteiger partial charge is 0.116 e. The first-order valence-corrected chi connectivity index (χ1v) is 11.8. The Balaban J connectivity index is 1.61. The van der Waals surface area contributed by atoms with Gasteiger partial charge in [0.25, 0.3) is 0 Å². The Morgan fingerprint density at radius 1 is 0.543 bits per heavy atom. The first-order valence-electron chi connectivity index (χ1n) is 11.8. The van der Waals surface area contributed by atoms with Crippen molar-refractivity contribution in [3.63, 3.8) is 0 Å². The molecular weight excluding hydrogens is 426 g/mol. The molecule has 2 heterocycles. The molecule has 0 fully saturated rings. The van der Waals surface area contributed by atoms with Crippen LogP contribution in [0.4, 0.5) is 17.1 Å². The zero-order chi connectivity index (χ0) is 23.2. The van der Waals surface area contributed by atoms with Crippen molar-refractivity contribution in [3.05, 3.63) is 128 Å². The minimum absolute atomic E-state index is 0.941. The molecular formula is C32H21N3. The minimum atomic E-state index is 0.941. The zero-order valence-corrected chi connectivity index (χ0v) is 19.0. The van der Waals surface area contributed by atoms with Crippen LogP contribution in [0.5, 0.6) is 0 Å². The van der Waals surface area contributed by atoms with Crippen molar-refractivity contribution in [2.45, 2.75) is 0 Å². The van der Waals surface area contributed by atoms with Gasteiger partial charge < -0.3 is 4.90 Å². The van der Waals surface area contributed by atoms with Crippen LogP contribution < -0.4 is 4.90 Å². The summed E-state index contributed by atoms with van der Waals surface area (Å²) in [7, 11) is 0. The Bertz CT molecular complexity index is 1710. The van der Waals surface area contributed by atoms with Gasteiger partial charge in [-0.15, -0.1) is 0 Å². The average molecular weight is 448 g/mol. The van der Waals surface area contributed by atoms with Gasteiger partial charge in [-0.25, -0.2) is 9.97 Å². The molecule has 0 bridgehead atoms. The molecule has 3 heteroatoms. The highest BCUT2D eigenvalue weighted by molar-refractivity contribution is 6.07. The molecule has 0 aliphatic carbocycles. The summed E-state index contributed by atoms with van der Waals surface area (Å²) >= 11 is 0. The van der Waals surface area contributed by atoms with Gasteiger partial charge in [-0.1, -0.05) is 91.0 Å². The Kier molecular flexibility index (Phi) is 4.46. The third-order valence-electron chi connectivity index (χ3n) is 6.74. The zero-order valence-electron chi connectivity index (χ0n) is 19.0. The Morgan fingerprint density at radius 3 is 2.09 bits per heavy atom. The lowest BCUT2D eigenvalue weighted by molar-refractivity contribution is 1.22. The molecule has 0 atom stereocenters. The van der Waals surface area contributed by atoms with Gasteiger partial charge in [-0.3, -0.25) is 0 Å². The topological polar surface area (TPSA) is 29.0 Å². The number of fused-ring (bicyclic) bond motifs is 6. The maximum absolute atomic E-state index is 4.52. The van der Waals surface area contributed by atoms with E-state index < -0.39 is 0 Å². The fourth-order valence-electron chi connectivity index (χ4n) is 5.19. The van der Waals surface area contributed by atoms with Crippen LogP contribution in [-0.2, 0) is 0 Å². The Labute approximate surface area is 204 Å². The summed E-state index contributed by atoms with van der Waals surface area (Å²) < 4.78 is 0. The van der Waals surface area contributed by atoms with Crippen molar-refractivity contribution in [1.82, 2.24) is 9.97 Å². The number of nitrogens with zero attached hydrogens (tertiary/aromatic N) is 3. The lowest BCUT2D eigenvalue weighted by atomic mass is 9.92. The molecule has 3 nitrogen and oxygen atoms in total. The summed E-state index contributed by atoms with van der Waals surface area (Å²) in [6.45, 7) is 0. The average Bonchev–Trinajstić information content (AvgIpc) is 3.06. The fourth-order valence-corrected chi connectivity index (χ4v) is 5.19. The monoisotopic (exact) mass is 447 g/mol. The molecule has 7 rings (SSSR count). The molecule has 0 N–H and O–H groups in total. The second-order valence-corrected chi connectivity index (χ2v) is 8.73. The number of benzene rings is 5. The highest BCUT2D eigenvalue weighted by atomic mass is 15.2. The summed E-state index contributed by atoms with van der Waals surface area (Å²) in [5.41, 5.74) is 11.6. The first-order chi connectivity index (χ1) is 17.4. The van der Waals surface area contributed by atoms with Gasteiger partial charge >= 0.3 is 0 Å². The van der Waals surface area contributed by atoms with E-state index in [-0.39, 0.29) is 0 Å². The third kappa shape index (κ3) is 3.13. The van der Waals surface area contributed by atoms with Gasteiger partial charge in [0.05, 0.1) is 16.9 Å². The van der Waals surface area contributed by atoms with Crippen molar-refractivity contribution in [3.8, 4) is 33.4 Å². The minimum Gasteiger partial charge on any atom is -0.309 e. The summed E-state index contributed by atoms with van der Waals surface area (Å²) in [6, 6.07) is 41.1. The van der Waals surface area contributed by atoms with Crippen LogP contribution in [-0.4, -0.2) is 9.97 Å². The highest BCUT2D eigenvalue weighted by Gasteiger charge is 2.28. The van der Waals surface area contributed by atoms with Crippen LogP contribution in [0.15, 0.2) is 128 Å². The van der Waals surface area contributed by atoms with E-state index in [4.69, 9.17) is 0 Å². The van der Waals surface area contributed by atoms with Crippen LogP contribution in [0.25, 0.3) is 44.3 Å². The van der Waals surface area contributed by atoms with Crippen molar-refractivity contribution in [2.75, 3.05) is 4.90 Å². The van der Waals surface area contributed by atoms with E-state index in [2.05, 4.69) is 130 Å². The Hall–Kier alpha value is -4.76. The molecule has 0 saturated heterocycles. The molecule has 0 spiro atoms. The molecule has 0 amide bonds. The lowest BCUT2D eigenvalue weighted by Gasteiger charge is -2.29. The van der Waals surface area contributed by atoms with E-state index >= 15 is 0 Å². The standard InChI is InChI=1S/C32H21N3/c1-2-9-24(10-3-1)35-31-16-7-6-13-28(31)26-11-4-5-12-27(26)29-15-8-14-25(32(29)35)22-17-18-23-20-33-21-34-30(23)19-22/h1-21H. The fraction of sp³-hybridized carbons (Fsp3) is 0. The maximum Gasteiger partial charge on any atom is 0.116 e. The van der Waals surface area contributed by atoms with Crippen molar-refractivity contribution in [2.24, 2.45) is 0 Å². The molecule has 1 aromatic heterocycles. The third-order valence-corrected chi connectivity index (χ3v) is 6.74. The molecule has 35 heavy (non-hydrogen) atoms. The Morgan fingerprint density at radius 2 is 1.23 bits per heavy atom. The van der Waals surface area contributed by atoms with E-state index in [0.717, 1.165) is 22.2 Å². The number of anilines is 3. The van der Waals surface area contributed by atoms with Crippen molar-refractivity contribution in [1.29, 1.82) is 0 Å². The first kappa shape index (κ1) is 19.7. The maximum atomic E-state index is 4.52. The molecule has 164 valence electrons. The second-order valence-electron chi connectivity index (χ2n) is 8.73. The van der Waals surface area contributed by atoms with E-state index in [0.29, 0.717) is 0 Å². The van der Waals surface area contributed by atoms with Gasteiger partial charge in [0, 0.05) is 34.0 Å². The molecule has 0 saturated carbocycles. The predicted octanol–water partition coefficient (Wildman–Crippen LogP) is 8.41. The largest absolute Gasteiger partial charge is 0.309 e. The molecule has 5 aromatic carbocycles. The number of para-hydroxylation sites is 3. The van der Waals surface area contributed by atoms with Gasteiger partial charge in [0.1, 0.15) is 6.33 Å². The molecule has 1 aliphatic heterocycles. The van der Waals surface area contributed by atoms with Gasteiger partial charge in [0.15, 0.2) is 0 Å². The van der Waals surface area contributed by atoms with Crippen LogP contribution in [0.2, 0.25) is 0 Å². The second kappa shape index (κ2) is 7.93. The van der Waals surface area contributed by atoms with Crippen LogP contribution >= 0.6 is 0 Å². The van der Waals surface area contributed by atoms with E-state index in [1.807, 2.05) is 6.20 Å². The summed E-state index contributed by atoms with van der Waals surface area (Å²) in [4.78, 5) is 11.1. The van der Waals surface area contributed by atoms with Crippen LogP contribution in [0.3, 0.4) is 0 Å². The quantitative estimate of drug-likeness (QED) is 0.266. The van der Waals surface area contributed by atoms with Gasteiger partial charge in [0.2, 0.25) is 0 Å². The van der Waals surface area contributed by atoms with Gasteiger partial charge in [-0.05, 0) is 41.0 Å². The van der Waals surface area contributed by atoms with E-state index in [9.17, 15) is 0 Å². The summed E-state index contributed by atoms with van der Waals surface area (Å²) in [5, 5.41) is 1.04. The number of hydrogen-bond acceptors (Lipinski definition) is 3. The predicted molar refractivity (Wildman–Crippen MR) is 144 cm³/mol. The molecule has 1 aliphatic rings. The normalized spacial score (nSPS) is 11.9. The summed E-state index contributed by atoms with van der Waals surface area (Å²) in [6.07, 6.45) is 3.47. The summed E-state index contributed by atoms with van der Waals surface area (Å²) in [5.74, 6) is 0. The van der Waals surface area contributed by atoms with E-state index in [1.165, 1.54) is 39.2 Å².